The van der Waals surface area contributed by atoms with Gasteiger partial charge in [0.05, 0.1) is 22.0 Å². The van der Waals surface area contributed by atoms with Gasteiger partial charge >= 0.3 is 0 Å². The third-order valence-electron chi connectivity index (χ3n) is 3.38. The molecule has 3 rings (SSSR count). The number of aryl methyl sites for hydroxylation is 1. The van der Waals surface area contributed by atoms with Crippen molar-refractivity contribution in [1.29, 1.82) is 0 Å². The van der Waals surface area contributed by atoms with Crippen molar-refractivity contribution in [3.63, 3.8) is 0 Å². The monoisotopic (exact) mass is 345 g/mol. The molecule has 0 saturated carbocycles. The normalized spacial score (nSPS) is 12.3. The van der Waals surface area contributed by atoms with Crippen molar-refractivity contribution in [2.45, 2.75) is 18.4 Å². The Kier molecular flexibility index (Phi) is 4.94. The van der Waals surface area contributed by atoms with Crippen LogP contribution in [0.15, 0.2) is 59.2 Å². The van der Waals surface area contributed by atoms with Crippen molar-refractivity contribution >= 4 is 22.4 Å². The Bertz CT molecular complexity index is 844. The maximum atomic E-state index is 12.3. The standard InChI is InChI=1S/C18H16ClNO2S/c1-13-5-4-6-14(9-13)11-23(21)12-15-10-22-18(20-15)16-7-2-3-8-17(16)19/h2-10H,11-12H2,1H3. The van der Waals surface area contributed by atoms with Crippen molar-refractivity contribution in [2.24, 2.45) is 0 Å². The van der Waals surface area contributed by atoms with Gasteiger partial charge in [0.15, 0.2) is 0 Å². The number of rotatable bonds is 5. The van der Waals surface area contributed by atoms with E-state index >= 15 is 0 Å². The topological polar surface area (TPSA) is 43.1 Å². The summed E-state index contributed by atoms with van der Waals surface area (Å²) in [6.07, 6.45) is 1.55. The largest absolute Gasteiger partial charge is 0.444 e. The second kappa shape index (κ2) is 7.11. The smallest absolute Gasteiger partial charge is 0.227 e. The lowest BCUT2D eigenvalue weighted by Gasteiger charge is -2.02. The SMILES string of the molecule is Cc1cccc(CS(=O)Cc2coc(-c3ccccc3Cl)n2)c1. The molecule has 0 fully saturated rings. The molecule has 2 aromatic carbocycles. The van der Waals surface area contributed by atoms with Gasteiger partial charge in [-0.2, -0.15) is 0 Å². The fraction of sp³-hybridized carbons (Fsp3) is 0.167. The molecule has 0 aliphatic rings. The van der Waals surface area contributed by atoms with Crippen LogP contribution in [0, 0.1) is 6.92 Å². The summed E-state index contributed by atoms with van der Waals surface area (Å²) in [5.74, 6) is 1.33. The molecule has 0 amide bonds. The highest BCUT2D eigenvalue weighted by molar-refractivity contribution is 7.83. The van der Waals surface area contributed by atoms with E-state index in [1.807, 2.05) is 43.3 Å². The van der Waals surface area contributed by atoms with Gasteiger partial charge < -0.3 is 4.42 Å². The lowest BCUT2D eigenvalue weighted by Crippen LogP contribution is -2.00. The molecule has 1 heterocycles. The lowest BCUT2D eigenvalue weighted by atomic mass is 10.2. The van der Waals surface area contributed by atoms with Crippen LogP contribution in [0.3, 0.4) is 0 Å². The zero-order valence-electron chi connectivity index (χ0n) is 12.7. The summed E-state index contributed by atoms with van der Waals surface area (Å²) in [6, 6.07) is 15.4. The molecule has 1 atom stereocenters. The molecule has 0 bridgehead atoms. The molecule has 0 aliphatic heterocycles. The predicted octanol–water partition coefficient (Wildman–Crippen LogP) is 4.75. The van der Waals surface area contributed by atoms with Crippen molar-refractivity contribution in [3.05, 3.63) is 76.6 Å². The van der Waals surface area contributed by atoms with Gasteiger partial charge in [-0.1, -0.05) is 53.6 Å². The number of oxazole rings is 1. The molecule has 1 unspecified atom stereocenters. The first-order valence-corrected chi connectivity index (χ1v) is 9.08. The zero-order valence-corrected chi connectivity index (χ0v) is 14.2. The molecule has 118 valence electrons. The molecule has 0 aliphatic carbocycles. The third-order valence-corrected chi connectivity index (χ3v) is 4.98. The van der Waals surface area contributed by atoms with Crippen molar-refractivity contribution in [1.82, 2.24) is 4.98 Å². The highest BCUT2D eigenvalue weighted by Gasteiger charge is 2.12. The van der Waals surface area contributed by atoms with E-state index in [4.69, 9.17) is 16.0 Å². The molecule has 0 spiro atoms. The summed E-state index contributed by atoms with van der Waals surface area (Å²) in [4.78, 5) is 4.40. The van der Waals surface area contributed by atoms with E-state index in [1.54, 1.807) is 12.3 Å². The van der Waals surface area contributed by atoms with Gasteiger partial charge in [0, 0.05) is 16.6 Å². The van der Waals surface area contributed by atoms with Crippen molar-refractivity contribution in [2.75, 3.05) is 0 Å². The molecule has 23 heavy (non-hydrogen) atoms. The van der Waals surface area contributed by atoms with Crippen molar-refractivity contribution < 1.29 is 8.63 Å². The Morgan fingerprint density at radius 3 is 2.74 bits per heavy atom. The lowest BCUT2D eigenvalue weighted by molar-refractivity contribution is 0.573. The summed E-state index contributed by atoms with van der Waals surface area (Å²) < 4.78 is 17.8. The van der Waals surface area contributed by atoms with Gasteiger partial charge in [-0.3, -0.25) is 4.21 Å². The second-order valence-electron chi connectivity index (χ2n) is 5.34. The molecule has 0 N–H and O–H groups in total. The maximum absolute atomic E-state index is 12.3. The Hall–Kier alpha value is -1.91. The minimum Gasteiger partial charge on any atom is -0.444 e. The Balaban J connectivity index is 1.69. The van der Waals surface area contributed by atoms with Crippen molar-refractivity contribution in [3.8, 4) is 11.5 Å². The molecular weight excluding hydrogens is 330 g/mol. The fourth-order valence-electron chi connectivity index (χ4n) is 2.34. The molecular formula is C18H16ClNO2S. The summed E-state index contributed by atoms with van der Waals surface area (Å²) >= 11 is 6.14. The minimum absolute atomic E-state index is 0.363. The predicted molar refractivity (Wildman–Crippen MR) is 93.7 cm³/mol. The van der Waals surface area contributed by atoms with Gasteiger partial charge in [0.25, 0.3) is 0 Å². The van der Waals surface area contributed by atoms with Crippen LogP contribution in [-0.2, 0) is 22.3 Å². The van der Waals surface area contributed by atoms with Crippen LogP contribution < -0.4 is 0 Å². The first kappa shape index (κ1) is 16.0. The Morgan fingerprint density at radius 1 is 1.13 bits per heavy atom. The molecule has 5 heteroatoms. The molecule has 3 aromatic rings. The van der Waals surface area contributed by atoms with Gasteiger partial charge in [0.1, 0.15) is 6.26 Å². The number of aromatic nitrogens is 1. The molecule has 1 aromatic heterocycles. The number of benzene rings is 2. The average Bonchev–Trinajstić information content (AvgIpc) is 2.95. The fourth-order valence-corrected chi connectivity index (χ4v) is 3.67. The maximum Gasteiger partial charge on any atom is 0.227 e. The van der Waals surface area contributed by atoms with Gasteiger partial charge in [-0.15, -0.1) is 0 Å². The van der Waals surface area contributed by atoms with E-state index in [0.717, 1.165) is 11.1 Å². The van der Waals surface area contributed by atoms with Crippen LogP contribution in [0.4, 0.5) is 0 Å². The van der Waals surface area contributed by atoms with E-state index in [0.29, 0.717) is 28.1 Å². The van der Waals surface area contributed by atoms with Crippen LogP contribution in [0.5, 0.6) is 0 Å². The van der Waals surface area contributed by atoms with Crippen LogP contribution >= 0.6 is 11.6 Å². The average molecular weight is 346 g/mol. The Labute approximate surface area is 142 Å². The third kappa shape index (κ3) is 4.09. The van der Waals surface area contributed by atoms with Crippen LogP contribution in [0.25, 0.3) is 11.5 Å². The second-order valence-corrected chi connectivity index (χ2v) is 7.21. The van der Waals surface area contributed by atoms with Crippen LogP contribution in [-0.4, -0.2) is 9.19 Å². The minimum atomic E-state index is -1.03. The summed E-state index contributed by atoms with van der Waals surface area (Å²) in [7, 11) is -1.03. The van der Waals surface area contributed by atoms with E-state index in [2.05, 4.69) is 11.1 Å². The van der Waals surface area contributed by atoms with Gasteiger partial charge in [-0.05, 0) is 24.6 Å². The highest BCUT2D eigenvalue weighted by atomic mass is 35.5. The summed E-state index contributed by atoms with van der Waals surface area (Å²) in [5, 5.41) is 0.585. The first-order valence-electron chi connectivity index (χ1n) is 7.21. The quantitative estimate of drug-likeness (QED) is 0.670. The first-order chi connectivity index (χ1) is 11.1. The number of halogens is 1. The van der Waals surface area contributed by atoms with Gasteiger partial charge in [0.2, 0.25) is 5.89 Å². The number of nitrogens with zero attached hydrogens (tertiary/aromatic N) is 1. The van der Waals surface area contributed by atoms with Gasteiger partial charge in [-0.25, -0.2) is 4.98 Å². The number of hydrogen-bond acceptors (Lipinski definition) is 3. The highest BCUT2D eigenvalue weighted by Crippen LogP contribution is 2.27. The summed E-state index contributed by atoms with van der Waals surface area (Å²) in [6.45, 7) is 2.03. The summed E-state index contributed by atoms with van der Waals surface area (Å²) in [5.41, 5.74) is 3.65. The van der Waals surface area contributed by atoms with E-state index in [-0.39, 0.29) is 0 Å². The van der Waals surface area contributed by atoms with E-state index < -0.39 is 10.8 Å². The van der Waals surface area contributed by atoms with E-state index in [1.165, 1.54) is 5.56 Å². The molecule has 3 nitrogen and oxygen atoms in total. The van der Waals surface area contributed by atoms with Crippen LogP contribution in [0.1, 0.15) is 16.8 Å². The zero-order chi connectivity index (χ0) is 16.2. The van der Waals surface area contributed by atoms with E-state index in [9.17, 15) is 4.21 Å². The molecule has 0 radical (unpaired) electrons. The Morgan fingerprint density at radius 2 is 1.96 bits per heavy atom. The van der Waals surface area contributed by atoms with Crippen LogP contribution in [0.2, 0.25) is 5.02 Å². The molecule has 0 saturated heterocycles. The number of hydrogen-bond donors (Lipinski definition) is 0.